The smallest absolute Gasteiger partial charge is 0.263 e. The minimum Gasteiger partial charge on any atom is -0.497 e. The zero-order valence-corrected chi connectivity index (χ0v) is 17.4. The first-order valence-corrected chi connectivity index (χ1v) is 10.8. The fourth-order valence-corrected chi connectivity index (χ4v) is 4.13. The molecule has 1 aromatic heterocycles. The first-order chi connectivity index (χ1) is 14.4. The van der Waals surface area contributed by atoms with E-state index in [1.807, 2.05) is 18.2 Å². The van der Waals surface area contributed by atoms with E-state index in [0.717, 1.165) is 0 Å². The van der Waals surface area contributed by atoms with Gasteiger partial charge in [-0.15, -0.1) is 0 Å². The summed E-state index contributed by atoms with van der Waals surface area (Å²) < 4.78 is 33.6. The number of benzene rings is 3. The molecule has 30 heavy (non-hydrogen) atoms. The highest BCUT2D eigenvalue weighted by atomic mass is 35.5. The highest BCUT2D eigenvalue weighted by molar-refractivity contribution is 7.92. The lowest BCUT2D eigenvalue weighted by molar-refractivity contribution is 0.415. The van der Waals surface area contributed by atoms with E-state index in [9.17, 15) is 8.42 Å². The van der Waals surface area contributed by atoms with E-state index >= 15 is 0 Å². The number of rotatable bonds is 6. The molecule has 0 saturated heterocycles. The van der Waals surface area contributed by atoms with E-state index < -0.39 is 10.0 Å². The predicted octanol–water partition coefficient (Wildman–Crippen LogP) is 4.84. The van der Waals surface area contributed by atoms with Gasteiger partial charge in [0.05, 0.1) is 23.0 Å². The summed E-state index contributed by atoms with van der Waals surface area (Å²) in [5.74, 6) is 0.971. The van der Waals surface area contributed by atoms with E-state index in [0.29, 0.717) is 27.5 Å². The number of nitrogens with one attached hydrogen (secondary N) is 2. The molecule has 4 rings (SSSR count). The standard InChI is InChI=1S/C21H17ClN4O3S/c1-29-16-8-5-7-15(13-16)23-20-21(25-19-11-3-2-10-18(19)24-20)26-30(27,28)17-9-4-6-14(22)12-17/h2-13H,1H3,(H,23,24)(H,25,26). The van der Waals surface area contributed by atoms with Gasteiger partial charge in [0.2, 0.25) is 0 Å². The van der Waals surface area contributed by atoms with Crippen molar-refractivity contribution in [2.45, 2.75) is 4.90 Å². The molecule has 0 bridgehead atoms. The van der Waals surface area contributed by atoms with Crippen molar-refractivity contribution in [2.75, 3.05) is 17.1 Å². The number of aromatic nitrogens is 2. The van der Waals surface area contributed by atoms with Crippen LogP contribution in [0.1, 0.15) is 0 Å². The van der Waals surface area contributed by atoms with Crippen molar-refractivity contribution in [3.8, 4) is 5.75 Å². The molecular formula is C21H17ClN4O3S. The quantitative estimate of drug-likeness (QED) is 0.445. The number of sulfonamides is 1. The van der Waals surface area contributed by atoms with E-state index in [4.69, 9.17) is 16.3 Å². The number of para-hydroxylation sites is 2. The van der Waals surface area contributed by atoms with Crippen molar-refractivity contribution in [3.63, 3.8) is 0 Å². The molecule has 0 aliphatic carbocycles. The zero-order chi connectivity index (χ0) is 21.1. The lowest BCUT2D eigenvalue weighted by Gasteiger charge is -2.14. The summed E-state index contributed by atoms with van der Waals surface area (Å²) in [6.07, 6.45) is 0. The van der Waals surface area contributed by atoms with E-state index in [1.165, 1.54) is 12.1 Å². The highest BCUT2D eigenvalue weighted by Gasteiger charge is 2.19. The van der Waals surface area contributed by atoms with Gasteiger partial charge in [-0.05, 0) is 42.5 Å². The molecule has 7 nitrogen and oxygen atoms in total. The van der Waals surface area contributed by atoms with Crippen molar-refractivity contribution in [3.05, 3.63) is 77.8 Å². The normalized spacial score (nSPS) is 11.3. The largest absolute Gasteiger partial charge is 0.497 e. The van der Waals surface area contributed by atoms with Gasteiger partial charge in [-0.25, -0.2) is 18.4 Å². The van der Waals surface area contributed by atoms with Crippen LogP contribution in [-0.4, -0.2) is 25.5 Å². The average Bonchev–Trinajstić information content (AvgIpc) is 2.74. The molecule has 0 spiro atoms. The third-order valence-corrected chi connectivity index (χ3v) is 5.81. The first-order valence-electron chi connectivity index (χ1n) is 8.91. The fraction of sp³-hybridized carbons (Fsp3) is 0.0476. The van der Waals surface area contributed by atoms with Crippen molar-refractivity contribution >= 4 is 50.0 Å². The minimum atomic E-state index is -3.93. The first kappa shape index (κ1) is 19.9. The van der Waals surface area contributed by atoms with Crippen molar-refractivity contribution in [1.29, 1.82) is 0 Å². The number of hydrogen-bond acceptors (Lipinski definition) is 6. The SMILES string of the molecule is COc1cccc(Nc2nc3ccccc3nc2NS(=O)(=O)c2cccc(Cl)c2)c1. The molecule has 0 amide bonds. The van der Waals surface area contributed by atoms with Gasteiger partial charge in [-0.3, -0.25) is 4.72 Å². The summed E-state index contributed by atoms with van der Waals surface area (Å²) in [7, 11) is -2.36. The van der Waals surface area contributed by atoms with Gasteiger partial charge < -0.3 is 10.1 Å². The molecule has 0 aliphatic heterocycles. The molecule has 0 saturated carbocycles. The Balaban J connectivity index is 1.78. The van der Waals surface area contributed by atoms with Crippen LogP contribution in [0.3, 0.4) is 0 Å². The molecular weight excluding hydrogens is 424 g/mol. The Hall–Kier alpha value is -3.36. The zero-order valence-electron chi connectivity index (χ0n) is 15.8. The Morgan fingerprint density at radius 3 is 2.27 bits per heavy atom. The van der Waals surface area contributed by atoms with Gasteiger partial charge in [0.25, 0.3) is 10.0 Å². The van der Waals surface area contributed by atoms with Crippen LogP contribution in [0, 0.1) is 0 Å². The van der Waals surface area contributed by atoms with E-state index in [-0.39, 0.29) is 16.5 Å². The molecule has 4 aromatic rings. The fourth-order valence-electron chi connectivity index (χ4n) is 2.82. The number of hydrogen-bond donors (Lipinski definition) is 2. The Morgan fingerprint density at radius 2 is 1.57 bits per heavy atom. The van der Waals surface area contributed by atoms with Crippen LogP contribution in [0.2, 0.25) is 5.02 Å². The Morgan fingerprint density at radius 1 is 0.867 bits per heavy atom. The number of nitrogens with zero attached hydrogens (tertiary/aromatic N) is 2. The van der Waals surface area contributed by atoms with Crippen molar-refractivity contribution < 1.29 is 13.2 Å². The van der Waals surface area contributed by atoms with Crippen molar-refractivity contribution in [1.82, 2.24) is 9.97 Å². The van der Waals surface area contributed by atoms with Gasteiger partial charge in [-0.1, -0.05) is 35.9 Å². The monoisotopic (exact) mass is 440 g/mol. The lowest BCUT2D eigenvalue weighted by atomic mass is 10.3. The second kappa shape index (κ2) is 8.17. The summed E-state index contributed by atoms with van der Waals surface area (Å²) in [5.41, 5.74) is 1.84. The minimum absolute atomic E-state index is 0.0253. The number of ether oxygens (including phenoxy) is 1. The highest BCUT2D eigenvalue weighted by Crippen LogP contribution is 2.28. The molecule has 152 valence electrons. The molecule has 1 heterocycles. The molecule has 0 unspecified atom stereocenters. The van der Waals surface area contributed by atoms with E-state index in [1.54, 1.807) is 49.6 Å². The molecule has 9 heteroatoms. The molecule has 3 aromatic carbocycles. The van der Waals surface area contributed by atoms with Crippen LogP contribution in [0.15, 0.2) is 77.7 Å². The summed E-state index contributed by atoms with van der Waals surface area (Å²) in [5, 5.41) is 3.44. The predicted molar refractivity (Wildman–Crippen MR) is 118 cm³/mol. The average molecular weight is 441 g/mol. The van der Waals surface area contributed by atoms with Gasteiger partial charge in [0.15, 0.2) is 11.6 Å². The molecule has 0 atom stereocenters. The van der Waals surface area contributed by atoms with Gasteiger partial charge >= 0.3 is 0 Å². The van der Waals surface area contributed by atoms with Gasteiger partial charge in [0, 0.05) is 16.8 Å². The third-order valence-electron chi connectivity index (χ3n) is 4.24. The Labute approximate surface area is 178 Å². The summed E-state index contributed by atoms with van der Waals surface area (Å²) in [6, 6.07) is 20.4. The Kier molecular flexibility index (Phi) is 5.43. The topological polar surface area (TPSA) is 93.2 Å². The number of anilines is 3. The van der Waals surface area contributed by atoms with Crippen LogP contribution in [-0.2, 0) is 10.0 Å². The van der Waals surface area contributed by atoms with Crippen molar-refractivity contribution in [2.24, 2.45) is 0 Å². The van der Waals surface area contributed by atoms with Crippen LogP contribution in [0.5, 0.6) is 5.75 Å². The molecule has 0 aliphatic rings. The molecule has 0 radical (unpaired) electrons. The molecule has 2 N–H and O–H groups in total. The second-order valence-electron chi connectivity index (χ2n) is 6.33. The van der Waals surface area contributed by atoms with Crippen LogP contribution >= 0.6 is 11.6 Å². The number of methoxy groups -OCH3 is 1. The third kappa shape index (κ3) is 4.29. The summed E-state index contributed by atoms with van der Waals surface area (Å²) >= 11 is 5.95. The van der Waals surface area contributed by atoms with Gasteiger partial charge in [-0.2, -0.15) is 0 Å². The number of halogens is 1. The van der Waals surface area contributed by atoms with Crippen LogP contribution < -0.4 is 14.8 Å². The molecule has 0 fully saturated rings. The summed E-state index contributed by atoms with van der Waals surface area (Å²) in [6.45, 7) is 0. The Bertz CT molecular complexity index is 1330. The van der Waals surface area contributed by atoms with Crippen LogP contribution in [0.25, 0.3) is 11.0 Å². The van der Waals surface area contributed by atoms with Gasteiger partial charge in [0.1, 0.15) is 5.75 Å². The summed E-state index contributed by atoms with van der Waals surface area (Å²) in [4.78, 5) is 9.05. The van der Waals surface area contributed by atoms with Crippen LogP contribution in [0.4, 0.5) is 17.3 Å². The maximum atomic E-state index is 12.9. The maximum absolute atomic E-state index is 12.9. The lowest BCUT2D eigenvalue weighted by Crippen LogP contribution is -2.16. The maximum Gasteiger partial charge on any atom is 0.263 e. The number of fused-ring (bicyclic) bond motifs is 1. The second-order valence-corrected chi connectivity index (χ2v) is 8.45. The van der Waals surface area contributed by atoms with E-state index in [2.05, 4.69) is 20.0 Å².